The van der Waals surface area contributed by atoms with Gasteiger partial charge in [-0.25, -0.2) is 0 Å². The Morgan fingerprint density at radius 3 is 1.64 bits per heavy atom. The molecule has 6 unspecified atom stereocenters. The fourth-order valence-electron chi connectivity index (χ4n) is 6.04. The number of rotatable bonds is 34. The van der Waals surface area contributed by atoms with Gasteiger partial charge in [-0.1, -0.05) is 120 Å². The third-order valence-corrected chi connectivity index (χ3v) is 10.1. The van der Waals surface area contributed by atoms with Gasteiger partial charge in [0, 0.05) is 12.8 Å². The van der Waals surface area contributed by atoms with Crippen molar-refractivity contribution in [1.82, 2.24) is 0 Å². The predicted molar refractivity (Wildman–Crippen MR) is 219 cm³/mol. The molecule has 0 aliphatic carbocycles. The molecule has 1 fully saturated rings. The fourth-order valence-corrected chi connectivity index (χ4v) is 6.73. The molecule has 0 aromatic carbocycles. The molecule has 0 saturated carbocycles. The van der Waals surface area contributed by atoms with E-state index < -0.39 is 71.2 Å². The number of ether oxygens (including phenoxy) is 4. The van der Waals surface area contributed by atoms with Crippen LogP contribution in [0.4, 0.5) is 0 Å². The monoisotopic (exact) mass is 814 g/mol. The number of aliphatic hydroxyl groups excluding tert-OH is 3. The van der Waals surface area contributed by atoms with Gasteiger partial charge in [-0.15, -0.1) is 0 Å². The second-order valence-corrected chi connectivity index (χ2v) is 16.1. The average Bonchev–Trinajstić information content (AvgIpc) is 3.16. The van der Waals surface area contributed by atoms with Gasteiger partial charge in [0.1, 0.15) is 36.8 Å². The van der Waals surface area contributed by atoms with Gasteiger partial charge in [0.2, 0.25) is 0 Å². The lowest BCUT2D eigenvalue weighted by Crippen LogP contribution is -2.60. The van der Waals surface area contributed by atoms with Crippen LogP contribution in [0.25, 0.3) is 0 Å². The molecule has 1 rings (SSSR count). The summed E-state index contributed by atoms with van der Waals surface area (Å²) in [7, 11) is -4.60. The third-order valence-electron chi connectivity index (χ3n) is 9.36. The van der Waals surface area contributed by atoms with Crippen LogP contribution < -0.4 is 0 Å². The van der Waals surface area contributed by atoms with Crippen LogP contribution >= 0.6 is 0 Å². The smallest absolute Gasteiger partial charge is 0.306 e. The normalized spacial score (nSPS) is 21.1. The maximum absolute atomic E-state index is 12.8. The molecule has 4 N–H and O–H groups in total. The molecule has 0 spiro atoms. The van der Waals surface area contributed by atoms with Gasteiger partial charge in [-0.05, 0) is 70.6 Å². The summed E-state index contributed by atoms with van der Waals surface area (Å²) in [6.07, 6.45) is 28.7. The zero-order valence-electron chi connectivity index (χ0n) is 34.2. The number of aliphatic hydroxyl groups is 3. The molecule has 6 atom stereocenters. The summed E-state index contributed by atoms with van der Waals surface area (Å²) in [6.45, 7) is 3.62. The first kappa shape index (κ1) is 51.6. The van der Waals surface area contributed by atoms with Crippen molar-refractivity contribution in [3.8, 4) is 0 Å². The van der Waals surface area contributed by atoms with E-state index in [2.05, 4.69) is 62.5 Å². The SMILES string of the molecule is CCC/C=C\C/C=C\CCCCCCCC(=O)OCC(COC1OC(CS(=O)(=O)O)C(O)C(O)C1O)OC(=O)CCCCCCC/C=C\C/C=C\CCCCC. The summed E-state index contributed by atoms with van der Waals surface area (Å²) in [5, 5.41) is 30.8. The van der Waals surface area contributed by atoms with Crippen molar-refractivity contribution in [2.24, 2.45) is 0 Å². The van der Waals surface area contributed by atoms with E-state index in [1.807, 2.05) is 0 Å². The number of hydrogen-bond acceptors (Lipinski definition) is 11. The topological polar surface area (TPSA) is 186 Å². The van der Waals surface area contributed by atoms with Crippen LogP contribution in [0.1, 0.15) is 155 Å². The lowest BCUT2D eigenvalue weighted by atomic mass is 10.00. The zero-order chi connectivity index (χ0) is 41.3. The predicted octanol–water partition coefficient (Wildman–Crippen LogP) is 8.00. The second-order valence-electron chi connectivity index (χ2n) is 14.6. The summed E-state index contributed by atoms with van der Waals surface area (Å²) in [6, 6.07) is 0. The molecular weight excluding hydrogens is 741 g/mol. The fraction of sp³-hybridized carbons (Fsp3) is 0.767. The Morgan fingerprint density at radius 2 is 1.11 bits per heavy atom. The number of carbonyl (C=O) groups is 2. The molecule has 1 heterocycles. The van der Waals surface area contributed by atoms with Gasteiger partial charge in [0.15, 0.2) is 12.4 Å². The van der Waals surface area contributed by atoms with Crippen LogP contribution in [0, 0.1) is 0 Å². The largest absolute Gasteiger partial charge is 0.462 e. The highest BCUT2D eigenvalue weighted by Crippen LogP contribution is 2.24. The van der Waals surface area contributed by atoms with Crippen LogP contribution in [0.5, 0.6) is 0 Å². The molecule has 56 heavy (non-hydrogen) atoms. The second kappa shape index (κ2) is 33.6. The van der Waals surface area contributed by atoms with E-state index in [4.69, 9.17) is 18.9 Å². The summed E-state index contributed by atoms with van der Waals surface area (Å²) < 4.78 is 53.9. The Morgan fingerprint density at radius 1 is 0.607 bits per heavy atom. The minimum Gasteiger partial charge on any atom is -0.462 e. The lowest BCUT2D eigenvalue weighted by molar-refractivity contribution is -0.297. The van der Waals surface area contributed by atoms with Gasteiger partial charge in [0.25, 0.3) is 10.1 Å². The van der Waals surface area contributed by atoms with Crippen molar-refractivity contribution in [3.05, 3.63) is 48.6 Å². The quantitative estimate of drug-likeness (QED) is 0.0213. The Hall–Kier alpha value is -2.39. The maximum Gasteiger partial charge on any atom is 0.306 e. The minimum absolute atomic E-state index is 0.143. The average molecular weight is 815 g/mol. The summed E-state index contributed by atoms with van der Waals surface area (Å²) in [5.74, 6) is -2.03. The standard InChI is InChI=1S/C43H74O12S/c1-3-5-7-9-11-13-15-17-18-20-22-24-26-28-30-32-39(45)54-36(34-53-43-42(48)41(47)40(46)37(55-43)35-56(49,50)51)33-52-38(44)31-29-27-25-23-21-19-16-14-12-10-8-6-4-2/h8,10-11,13-14,16-18,36-37,40-43,46-48H,3-7,9,12,15,19-35H2,1-2H3,(H,49,50,51)/b10-8-,13-11-,16-14-,18-17-. The first-order chi connectivity index (χ1) is 27.0. The van der Waals surface area contributed by atoms with Gasteiger partial charge in [-0.2, -0.15) is 8.42 Å². The highest BCUT2D eigenvalue weighted by Gasteiger charge is 2.46. The number of esters is 2. The highest BCUT2D eigenvalue weighted by molar-refractivity contribution is 7.85. The Balaban J connectivity index is 2.51. The molecule has 0 aromatic heterocycles. The van der Waals surface area contributed by atoms with Crippen molar-refractivity contribution in [2.45, 2.75) is 192 Å². The maximum atomic E-state index is 12.8. The molecule has 1 aliphatic rings. The van der Waals surface area contributed by atoms with E-state index in [-0.39, 0.29) is 19.4 Å². The van der Waals surface area contributed by atoms with Crippen LogP contribution in [-0.4, -0.2) is 96.0 Å². The summed E-state index contributed by atoms with van der Waals surface area (Å²) >= 11 is 0. The number of carbonyl (C=O) groups excluding carboxylic acids is 2. The van der Waals surface area contributed by atoms with Crippen LogP contribution in [0.2, 0.25) is 0 Å². The van der Waals surface area contributed by atoms with Crippen molar-refractivity contribution in [3.63, 3.8) is 0 Å². The van der Waals surface area contributed by atoms with E-state index >= 15 is 0 Å². The Bertz CT molecular complexity index is 1230. The van der Waals surface area contributed by atoms with E-state index in [0.717, 1.165) is 96.3 Å². The number of unbranched alkanes of at least 4 members (excludes halogenated alkanes) is 14. The summed E-state index contributed by atoms with van der Waals surface area (Å²) in [4.78, 5) is 25.3. The first-order valence-corrected chi connectivity index (χ1v) is 22.8. The van der Waals surface area contributed by atoms with Crippen molar-refractivity contribution >= 4 is 22.1 Å². The Labute approximate surface area is 337 Å². The van der Waals surface area contributed by atoms with Crippen LogP contribution in [0.3, 0.4) is 0 Å². The molecule has 13 heteroatoms. The first-order valence-electron chi connectivity index (χ1n) is 21.2. The van der Waals surface area contributed by atoms with Crippen molar-refractivity contribution in [2.75, 3.05) is 19.0 Å². The Kier molecular flexibility index (Phi) is 30.9. The van der Waals surface area contributed by atoms with Gasteiger partial charge in [-0.3, -0.25) is 14.1 Å². The van der Waals surface area contributed by atoms with Crippen LogP contribution in [0.15, 0.2) is 48.6 Å². The minimum atomic E-state index is -4.60. The van der Waals surface area contributed by atoms with E-state index in [0.29, 0.717) is 12.8 Å². The van der Waals surface area contributed by atoms with Crippen molar-refractivity contribution < 1.29 is 56.8 Å². The summed E-state index contributed by atoms with van der Waals surface area (Å²) in [5.41, 5.74) is 0. The molecule has 0 aromatic rings. The molecule has 0 amide bonds. The molecule has 1 saturated heterocycles. The molecule has 0 radical (unpaired) electrons. The molecule has 1 aliphatic heterocycles. The zero-order valence-corrected chi connectivity index (χ0v) is 35.0. The molecule has 0 bridgehead atoms. The number of allylic oxidation sites excluding steroid dienone is 8. The van der Waals surface area contributed by atoms with Gasteiger partial charge in [0.05, 0.1) is 6.61 Å². The van der Waals surface area contributed by atoms with E-state index in [1.165, 1.54) is 19.3 Å². The lowest BCUT2D eigenvalue weighted by Gasteiger charge is -2.40. The van der Waals surface area contributed by atoms with E-state index in [1.54, 1.807) is 0 Å². The van der Waals surface area contributed by atoms with Gasteiger partial charge >= 0.3 is 11.9 Å². The van der Waals surface area contributed by atoms with E-state index in [9.17, 15) is 37.9 Å². The molecule has 12 nitrogen and oxygen atoms in total. The molecular formula is C43H74O12S. The van der Waals surface area contributed by atoms with Crippen molar-refractivity contribution in [1.29, 1.82) is 0 Å². The third kappa shape index (κ3) is 28.1. The number of hydrogen-bond donors (Lipinski definition) is 4. The van der Waals surface area contributed by atoms with Gasteiger partial charge < -0.3 is 34.3 Å². The molecule has 324 valence electrons. The highest BCUT2D eigenvalue weighted by atomic mass is 32.2. The van der Waals surface area contributed by atoms with Crippen LogP contribution in [-0.2, 0) is 38.7 Å².